The zero-order chi connectivity index (χ0) is 18.4. The minimum Gasteiger partial charge on any atom is -0.508 e. The van der Waals surface area contributed by atoms with Crippen LogP contribution < -0.4 is 5.32 Å². The lowest BCUT2D eigenvalue weighted by Gasteiger charge is -2.23. The molecule has 6 heteroatoms. The van der Waals surface area contributed by atoms with Crippen LogP contribution in [0.3, 0.4) is 0 Å². The zero-order valence-corrected chi connectivity index (χ0v) is 14.4. The van der Waals surface area contributed by atoms with Gasteiger partial charge in [-0.05, 0) is 55.7 Å². The molecule has 0 radical (unpaired) electrons. The Kier molecular flexibility index (Phi) is 5.86. The number of phenolic OH excluding ortho intramolecular Hbond substituents is 1. The Morgan fingerprint density at radius 1 is 1.00 bits per heavy atom. The summed E-state index contributed by atoms with van der Waals surface area (Å²) >= 11 is 0. The molecule has 1 amide bonds. The maximum absolute atomic E-state index is 12.4. The van der Waals surface area contributed by atoms with E-state index >= 15 is 0 Å². The molecule has 1 fully saturated rings. The van der Waals surface area contributed by atoms with Gasteiger partial charge in [0.05, 0.1) is 12.1 Å². The Hall–Kier alpha value is -2.86. The summed E-state index contributed by atoms with van der Waals surface area (Å²) < 4.78 is 0. The number of rotatable bonds is 4. The van der Waals surface area contributed by atoms with Gasteiger partial charge in [-0.2, -0.15) is 0 Å². The second kappa shape index (κ2) is 8.49. The van der Waals surface area contributed by atoms with Crippen LogP contribution in [0.5, 0.6) is 5.75 Å². The third-order valence-electron chi connectivity index (χ3n) is 4.32. The van der Waals surface area contributed by atoms with Crippen molar-refractivity contribution in [2.24, 2.45) is 0 Å². The second-order valence-corrected chi connectivity index (χ2v) is 6.35. The number of hydrogen-bond acceptors (Lipinski definition) is 5. The van der Waals surface area contributed by atoms with Crippen LogP contribution in [0.1, 0.15) is 40.0 Å². The number of hydrogen-bond donors (Lipinski definition) is 2. The molecule has 0 bridgehead atoms. The Bertz CT molecular complexity index is 746. The van der Waals surface area contributed by atoms with Gasteiger partial charge in [-0.25, -0.2) is 4.79 Å². The highest BCUT2D eigenvalue weighted by Crippen LogP contribution is 2.15. The van der Waals surface area contributed by atoms with Gasteiger partial charge in [0.15, 0.2) is 0 Å². The Labute approximate surface area is 152 Å². The van der Waals surface area contributed by atoms with Crippen LogP contribution in [0.4, 0.5) is 0 Å². The number of amides is 1. The first-order valence-electron chi connectivity index (χ1n) is 8.74. The highest BCUT2D eigenvalue weighted by Gasteiger charge is 2.23. The fourth-order valence-electron chi connectivity index (χ4n) is 2.93. The number of benzene rings is 2. The van der Waals surface area contributed by atoms with E-state index in [-0.39, 0.29) is 17.7 Å². The maximum atomic E-state index is 12.4. The largest absolute Gasteiger partial charge is 0.508 e. The summed E-state index contributed by atoms with van der Waals surface area (Å²) in [5.74, 6) is -0.475. The smallest absolute Gasteiger partial charge is 0.357 e. The molecule has 1 aliphatic rings. The van der Waals surface area contributed by atoms with Crippen molar-refractivity contribution in [2.45, 2.75) is 25.3 Å². The van der Waals surface area contributed by atoms with Crippen LogP contribution in [0.15, 0.2) is 54.6 Å². The highest BCUT2D eigenvalue weighted by atomic mass is 16.7. The summed E-state index contributed by atoms with van der Waals surface area (Å²) in [6, 6.07) is 14.9. The van der Waals surface area contributed by atoms with Crippen molar-refractivity contribution in [1.29, 1.82) is 0 Å². The molecule has 1 heterocycles. The van der Waals surface area contributed by atoms with Crippen LogP contribution in [0.2, 0.25) is 0 Å². The summed E-state index contributed by atoms with van der Waals surface area (Å²) in [6.07, 6.45) is 2.66. The van der Waals surface area contributed by atoms with Gasteiger partial charge in [-0.1, -0.05) is 18.2 Å². The summed E-state index contributed by atoms with van der Waals surface area (Å²) in [7, 11) is 0. The Morgan fingerprint density at radius 2 is 1.73 bits per heavy atom. The number of nitrogens with zero attached hydrogens (tertiary/aromatic N) is 1. The first-order chi connectivity index (χ1) is 12.6. The predicted octanol–water partition coefficient (Wildman–Crippen LogP) is 2.75. The number of carbonyl (C=O) groups excluding carboxylic acids is 2. The molecular weight excluding hydrogens is 332 g/mol. The number of hydroxylamine groups is 2. The molecule has 2 N–H and O–H groups in total. The van der Waals surface area contributed by atoms with Crippen molar-refractivity contribution in [1.82, 2.24) is 10.4 Å². The van der Waals surface area contributed by atoms with E-state index < -0.39 is 5.97 Å². The van der Waals surface area contributed by atoms with Crippen molar-refractivity contribution in [2.75, 3.05) is 13.1 Å². The van der Waals surface area contributed by atoms with Crippen LogP contribution >= 0.6 is 0 Å². The third kappa shape index (κ3) is 4.83. The van der Waals surface area contributed by atoms with Gasteiger partial charge < -0.3 is 15.3 Å². The lowest BCUT2D eigenvalue weighted by atomic mass is 10.1. The monoisotopic (exact) mass is 354 g/mol. The van der Waals surface area contributed by atoms with E-state index in [2.05, 4.69) is 5.32 Å². The fourth-order valence-corrected chi connectivity index (χ4v) is 2.93. The molecular formula is C20H22N2O4. The number of nitrogens with one attached hydrogen (secondary N) is 1. The molecule has 1 atom stereocenters. The molecule has 1 aliphatic heterocycles. The third-order valence-corrected chi connectivity index (χ3v) is 4.32. The molecule has 1 unspecified atom stereocenters. The number of carbonyl (C=O) groups is 2. The molecule has 0 spiro atoms. The average Bonchev–Trinajstić information content (AvgIpc) is 2.87. The first kappa shape index (κ1) is 17.9. The average molecular weight is 354 g/mol. The first-order valence-corrected chi connectivity index (χ1v) is 8.74. The predicted molar refractivity (Wildman–Crippen MR) is 96.6 cm³/mol. The van der Waals surface area contributed by atoms with Crippen molar-refractivity contribution < 1.29 is 19.5 Å². The standard InChI is InChI=1S/C20H22N2O4/c23-18-11-9-15(10-12-18)19(24)21-17-8-4-5-13-22(14-17)26-20(25)16-6-2-1-3-7-16/h1-3,6-7,9-12,17,23H,4-5,8,13-14H2,(H,21,24). The lowest BCUT2D eigenvalue weighted by Crippen LogP contribution is -2.43. The molecule has 0 aliphatic carbocycles. The molecule has 2 aromatic carbocycles. The SMILES string of the molecule is O=C(NC1CCCCN(OC(=O)c2ccccc2)C1)c1ccc(O)cc1. The number of aromatic hydroxyl groups is 1. The van der Waals surface area contributed by atoms with Crippen LogP contribution in [0, 0.1) is 0 Å². The van der Waals surface area contributed by atoms with E-state index in [9.17, 15) is 14.7 Å². The van der Waals surface area contributed by atoms with E-state index in [0.29, 0.717) is 24.2 Å². The van der Waals surface area contributed by atoms with Crippen molar-refractivity contribution in [3.63, 3.8) is 0 Å². The Balaban J connectivity index is 1.59. The topological polar surface area (TPSA) is 78.9 Å². The summed E-state index contributed by atoms with van der Waals surface area (Å²) in [4.78, 5) is 30.1. The molecule has 3 rings (SSSR count). The van der Waals surface area contributed by atoms with Gasteiger partial charge in [0.1, 0.15) is 5.75 Å². The van der Waals surface area contributed by atoms with Crippen molar-refractivity contribution in [3.8, 4) is 5.75 Å². The molecule has 0 aromatic heterocycles. The minimum atomic E-state index is -0.392. The molecule has 1 saturated heterocycles. The van der Waals surface area contributed by atoms with E-state index in [1.807, 2.05) is 6.07 Å². The molecule has 136 valence electrons. The van der Waals surface area contributed by atoms with E-state index in [4.69, 9.17) is 4.84 Å². The molecule has 6 nitrogen and oxygen atoms in total. The van der Waals surface area contributed by atoms with E-state index in [0.717, 1.165) is 19.3 Å². The van der Waals surface area contributed by atoms with E-state index in [1.165, 1.54) is 12.1 Å². The van der Waals surface area contributed by atoms with E-state index in [1.54, 1.807) is 41.5 Å². The minimum absolute atomic E-state index is 0.109. The van der Waals surface area contributed by atoms with Crippen molar-refractivity contribution >= 4 is 11.9 Å². The normalized spacial score (nSPS) is 17.9. The van der Waals surface area contributed by atoms with Gasteiger partial charge in [0.2, 0.25) is 0 Å². The summed E-state index contributed by atoms with van der Waals surface area (Å²) in [5, 5.41) is 13.9. The second-order valence-electron chi connectivity index (χ2n) is 6.35. The van der Waals surface area contributed by atoms with Gasteiger partial charge in [-0.15, -0.1) is 5.06 Å². The quantitative estimate of drug-likeness (QED) is 0.883. The summed E-state index contributed by atoms with van der Waals surface area (Å²) in [5.41, 5.74) is 0.987. The molecule has 0 saturated carbocycles. The van der Waals surface area contributed by atoms with Crippen molar-refractivity contribution in [3.05, 3.63) is 65.7 Å². The molecule has 26 heavy (non-hydrogen) atoms. The number of phenols is 1. The lowest BCUT2D eigenvalue weighted by molar-refractivity contribution is -0.110. The van der Waals surface area contributed by atoms with Gasteiger partial charge in [0, 0.05) is 18.2 Å². The van der Waals surface area contributed by atoms with Crippen LogP contribution in [0.25, 0.3) is 0 Å². The van der Waals surface area contributed by atoms with Crippen LogP contribution in [-0.4, -0.2) is 41.2 Å². The maximum Gasteiger partial charge on any atom is 0.357 e. The zero-order valence-electron chi connectivity index (χ0n) is 14.4. The van der Waals surface area contributed by atoms with Crippen LogP contribution in [-0.2, 0) is 4.84 Å². The fraction of sp³-hybridized carbons (Fsp3) is 0.300. The molecule has 2 aromatic rings. The van der Waals surface area contributed by atoms with Gasteiger partial charge in [-0.3, -0.25) is 4.79 Å². The van der Waals surface area contributed by atoms with Gasteiger partial charge >= 0.3 is 5.97 Å². The summed E-state index contributed by atoms with van der Waals surface area (Å²) in [6.45, 7) is 1.09. The Morgan fingerprint density at radius 3 is 2.46 bits per heavy atom. The highest BCUT2D eigenvalue weighted by molar-refractivity contribution is 5.94. The van der Waals surface area contributed by atoms with Gasteiger partial charge in [0.25, 0.3) is 5.91 Å².